The molecule has 2 amide bonds. The summed E-state index contributed by atoms with van der Waals surface area (Å²) in [5.74, 6) is -0.384. The third-order valence-corrected chi connectivity index (χ3v) is 1.59. The number of anilines is 1. The highest BCUT2D eigenvalue weighted by atomic mass is 32.1. The van der Waals surface area contributed by atoms with Crippen molar-refractivity contribution in [3.8, 4) is 0 Å². The molecule has 5 N–H and O–H groups in total. The Morgan fingerprint density at radius 2 is 2.13 bits per heavy atom. The van der Waals surface area contributed by atoms with Gasteiger partial charge in [0.05, 0.1) is 0 Å². The molecule has 0 saturated carbocycles. The minimum absolute atomic E-state index is 0.111. The fourth-order valence-corrected chi connectivity index (χ4v) is 1.02. The summed E-state index contributed by atoms with van der Waals surface area (Å²) < 4.78 is 12.7. The van der Waals surface area contributed by atoms with Gasteiger partial charge in [-0.15, -0.1) is 0 Å². The lowest BCUT2D eigenvalue weighted by Crippen LogP contribution is -2.46. The van der Waals surface area contributed by atoms with Crippen LogP contribution in [0.5, 0.6) is 0 Å². The van der Waals surface area contributed by atoms with Crippen LogP contribution >= 0.6 is 12.2 Å². The molecule has 0 heterocycles. The quantitative estimate of drug-likeness (QED) is 0.421. The van der Waals surface area contributed by atoms with E-state index in [1.807, 2.05) is 0 Å². The Morgan fingerprint density at radius 1 is 1.40 bits per heavy atom. The first-order valence-corrected chi connectivity index (χ1v) is 4.37. The van der Waals surface area contributed by atoms with Gasteiger partial charge in [-0.05, 0) is 30.4 Å². The van der Waals surface area contributed by atoms with Crippen LogP contribution < -0.4 is 21.9 Å². The average molecular weight is 228 g/mol. The van der Waals surface area contributed by atoms with Crippen LogP contribution in [0.3, 0.4) is 0 Å². The van der Waals surface area contributed by atoms with Crippen molar-refractivity contribution in [1.29, 1.82) is 0 Å². The van der Waals surface area contributed by atoms with E-state index in [1.54, 1.807) is 6.07 Å². The second kappa shape index (κ2) is 5.11. The van der Waals surface area contributed by atoms with Crippen molar-refractivity contribution in [2.24, 2.45) is 5.73 Å². The predicted octanol–water partition coefficient (Wildman–Crippen LogP) is 0.695. The number of urea groups is 1. The fourth-order valence-electron chi connectivity index (χ4n) is 0.847. The largest absolute Gasteiger partial charge is 0.350 e. The SMILES string of the molecule is NC(=O)NNC(=S)Nc1cccc(F)c1. The lowest BCUT2D eigenvalue weighted by atomic mass is 10.3. The molecule has 0 unspecified atom stereocenters. The molecule has 0 aliphatic heterocycles. The molecule has 0 aliphatic rings. The van der Waals surface area contributed by atoms with Crippen LogP contribution in [0.1, 0.15) is 0 Å². The summed E-state index contributed by atoms with van der Waals surface area (Å²) in [6, 6.07) is 4.96. The number of carbonyl (C=O) groups is 1. The van der Waals surface area contributed by atoms with Gasteiger partial charge in [-0.2, -0.15) is 0 Å². The molecule has 0 bridgehead atoms. The summed E-state index contributed by atoms with van der Waals surface area (Å²) in [5, 5.41) is 2.76. The Balaban J connectivity index is 2.48. The Labute approximate surface area is 90.8 Å². The van der Waals surface area contributed by atoms with Crippen LogP contribution in [0, 0.1) is 5.82 Å². The number of thiocarbonyl (C=S) groups is 1. The standard InChI is InChI=1S/C8H9FN4OS/c9-5-2-1-3-6(4-5)11-8(15)13-12-7(10)14/h1-4H,(H3,10,12,14)(H2,11,13,15). The summed E-state index contributed by atoms with van der Waals surface area (Å²) >= 11 is 4.78. The molecule has 0 aliphatic carbocycles. The number of nitrogens with one attached hydrogen (secondary N) is 3. The predicted molar refractivity (Wildman–Crippen MR) is 58.5 cm³/mol. The van der Waals surface area contributed by atoms with Crippen LogP contribution in [0.2, 0.25) is 0 Å². The van der Waals surface area contributed by atoms with Gasteiger partial charge in [-0.25, -0.2) is 14.6 Å². The zero-order chi connectivity index (χ0) is 11.3. The van der Waals surface area contributed by atoms with Crippen molar-refractivity contribution in [3.63, 3.8) is 0 Å². The summed E-state index contributed by atoms with van der Waals surface area (Å²) in [6.07, 6.45) is 0. The molecule has 0 saturated heterocycles. The van der Waals surface area contributed by atoms with Crippen molar-refractivity contribution in [2.75, 3.05) is 5.32 Å². The first-order valence-electron chi connectivity index (χ1n) is 3.96. The summed E-state index contributed by atoms with van der Waals surface area (Å²) in [6.45, 7) is 0. The number of halogens is 1. The van der Waals surface area contributed by atoms with E-state index in [9.17, 15) is 9.18 Å². The van der Waals surface area contributed by atoms with Crippen molar-refractivity contribution in [3.05, 3.63) is 30.1 Å². The van der Waals surface area contributed by atoms with Crippen LogP contribution in [-0.4, -0.2) is 11.1 Å². The summed E-state index contributed by atoms with van der Waals surface area (Å²) in [7, 11) is 0. The monoisotopic (exact) mass is 228 g/mol. The van der Waals surface area contributed by atoms with Gasteiger partial charge >= 0.3 is 6.03 Å². The van der Waals surface area contributed by atoms with E-state index in [0.29, 0.717) is 5.69 Å². The van der Waals surface area contributed by atoms with E-state index in [2.05, 4.69) is 16.2 Å². The molecule has 1 aromatic rings. The molecule has 0 fully saturated rings. The highest BCUT2D eigenvalue weighted by Gasteiger charge is 1.98. The molecule has 15 heavy (non-hydrogen) atoms. The molecule has 5 nitrogen and oxygen atoms in total. The van der Waals surface area contributed by atoms with E-state index >= 15 is 0 Å². The van der Waals surface area contributed by atoms with Crippen LogP contribution in [0.15, 0.2) is 24.3 Å². The maximum atomic E-state index is 12.7. The van der Waals surface area contributed by atoms with Gasteiger partial charge in [0.1, 0.15) is 5.82 Å². The first-order chi connectivity index (χ1) is 7.08. The summed E-state index contributed by atoms with van der Waals surface area (Å²) in [4.78, 5) is 10.3. The molecule has 0 atom stereocenters. The lowest BCUT2D eigenvalue weighted by Gasteiger charge is -2.09. The Bertz CT molecular complexity index is 385. The van der Waals surface area contributed by atoms with E-state index in [0.717, 1.165) is 0 Å². The van der Waals surface area contributed by atoms with E-state index in [4.69, 9.17) is 18.0 Å². The van der Waals surface area contributed by atoms with Crippen molar-refractivity contribution in [1.82, 2.24) is 10.9 Å². The molecule has 80 valence electrons. The smallest absolute Gasteiger partial charge is 0.330 e. The molecule has 1 aromatic carbocycles. The Kier molecular flexibility index (Phi) is 3.81. The van der Waals surface area contributed by atoms with E-state index < -0.39 is 6.03 Å². The topological polar surface area (TPSA) is 79.2 Å². The van der Waals surface area contributed by atoms with Gasteiger partial charge in [0.25, 0.3) is 0 Å². The first kappa shape index (κ1) is 11.2. The fraction of sp³-hybridized carbons (Fsp3) is 0. The third kappa shape index (κ3) is 4.23. The Morgan fingerprint density at radius 3 is 2.73 bits per heavy atom. The second-order valence-electron chi connectivity index (χ2n) is 2.58. The molecular weight excluding hydrogens is 219 g/mol. The van der Waals surface area contributed by atoms with Crippen molar-refractivity contribution >= 4 is 29.0 Å². The zero-order valence-corrected chi connectivity index (χ0v) is 8.40. The molecule has 1 rings (SSSR count). The van der Waals surface area contributed by atoms with Gasteiger partial charge in [0.2, 0.25) is 0 Å². The number of hydrogen-bond donors (Lipinski definition) is 4. The van der Waals surface area contributed by atoms with E-state index in [-0.39, 0.29) is 10.9 Å². The molecule has 7 heteroatoms. The maximum Gasteiger partial charge on any atom is 0.330 e. The van der Waals surface area contributed by atoms with Gasteiger partial charge < -0.3 is 11.1 Å². The van der Waals surface area contributed by atoms with Crippen molar-refractivity contribution in [2.45, 2.75) is 0 Å². The van der Waals surface area contributed by atoms with Crippen LogP contribution in [-0.2, 0) is 0 Å². The molecule has 0 spiro atoms. The number of amides is 2. The number of carbonyl (C=O) groups excluding carboxylic acids is 1. The Hall–Kier alpha value is -1.89. The lowest BCUT2D eigenvalue weighted by molar-refractivity contribution is 0.247. The number of primary amides is 1. The van der Waals surface area contributed by atoms with Crippen LogP contribution in [0.25, 0.3) is 0 Å². The van der Waals surface area contributed by atoms with Crippen molar-refractivity contribution < 1.29 is 9.18 Å². The highest BCUT2D eigenvalue weighted by molar-refractivity contribution is 7.80. The number of hydrazine groups is 1. The maximum absolute atomic E-state index is 12.7. The highest BCUT2D eigenvalue weighted by Crippen LogP contribution is 2.08. The van der Waals surface area contributed by atoms with Gasteiger partial charge in [0.15, 0.2) is 5.11 Å². The van der Waals surface area contributed by atoms with Gasteiger partial charge in [0, 0.05) is 5.69 Å². The summed E-state index contributed by atoms with van der Waals surface area (Å²) in [5.41, 5.74) is 9.66. The van der Waals surface area contributed by atoms with Gasteiger partial charge in [-0.3, -0.25) is 5.43 Å². The van der Waals surface area contributed by atoms with Crippen LogP contribution in [0.4, 0.5) is 14.9 Å². The zero-order valence-electron chi connectivity index (χ0n) is 7.58. The molecular formula is C8H9FN4OS. The van der Waals surface area contributed by atoms with E-state index in [1.165, 1.54) is 18.2 Å². The second-order valence-corrected chi connectivity index (χ2v) is 2.99. The molecule has 0 radical (unpaired) electrons. The third-order valence-electron chi connectivity index (χ3n) is 1.38. The normalized spacial score (nSPS) is 9.13. The number of benzene rings is 1. The number of nitrogens with two attached hydrogens (primary N) is 1. The minimum Gasteiger partial charge on any atom is -0.350 e. The number of hydrogen-bond acceptors (Lipinski definition) is 2. The molecule has 0 aromatic heterocycles. The van der Waals surface area contributed by atoms with Gasteiger partial charge in [-0.1, -0.05) is 6.07 Å². The number of rotatable bonds is 1. The average Bonchev–Trinajstić information content (AvgIpc) is 2.15. The minimum atomic E-state index is -0.765.